The van der Waals surface area contributed by atoms with Crippen LogP contribution in [0.4, 0.5) is 5.95 Å². The van der Waals surface area contributed by atoms with Gasteiger partial charge in [0.25, 0.3) is 5.56 Å². The zero-order valence-electron chi connectivity index (χ0n) is 15.2. The van der Waals surface area contributed by atoms with Crippen molar-refractivity contribution >= 4 is 17.1 Å². The minimum absolute atomic E-state index is 0.199. The molecule has 0 aromatic carbocycles. The highest BCUT2D eigenvalue weighted by molar-refractivity contribution is 5.74. The molecule has 8 heteroatoms. The zero-order chi connectivity index (χ0) is 18.3. The molecular formula is C17H26N6O2. The molecule has 2 aromatic heterocycles. The maximum Gasteiger partial charge on any atom is 0.332 e. The van der Waals surface area contributed by atoms with Crippen molar-refractivity contribution in [3.8, 4) is 0 Å². The Morgan fingerprint density at radius 2 is 2.00 bits per heavy atom. The summed E-state index contributed by atoms with van der Waals surface area (Å²) >= 11 is 0. The van der Waals surface area contributed by atoms with E-state index in [0.717, 1.165) is 29.4 Å². The lowest BCUT2D eigenvalue weighted by Gasteiger charge is -2.14. The predicted molar refractivity (Wildman–Crippen MR) is 98.9 cm³/mol. The van der Waals surface area contributed by atoms with Crippen molar-refractivity contribution in [2.75, 3.05) is 5.32 Å². The van der Waals surface area contributed by atoms with E-state index in [9.17, 15) is 9.59 Å². The summed E-state index contributed by atoms with van der Waals surface area (Å²) in [5, 5.41) is 3.43. The maximum absolute atomic E-state index is 12.7. The molecule has 2 heterocycles. The number of hydrogen-bond acceptors (Lipinski definition) is 5. The maximum atomic E-state index is 12.7. The number of aryl methyl sites for hydroxylation is 1. The third-order valence-corrected chi connectivity index (χ3v) is 4.84. The highest BCUT2D eigenvalue weighted by Gasteiger charge is 2.25. The molecule has 0 radical (unpaired) electrons. The number of fused-ring (bicyclic) bond motifs is 1. The number of nitrogens with two attached hydrogens (primary N) is 1. The largest absolute Gasteiger partial charge is 0.353 e. The molecule has 1 saturated carbocycles. The standard InChI is InChI=1S/C17H26N6O2/c1-10(2)7-8-23-13-14(21(3)17(25)22(4)15(13)24)20-16(23)19-12-6-5-11(18)9-12/h7,11-12H,5-6,8-9,18H2,1-4H3,(H,19,20)/t11-,12+/m0/s1. The monoisotopic (exact) mass is 346 g/mol. The number of imidazole rings is 1. The molecule has 8 nitrogen and oxygen atoms in total. The van der Waals surface area contributed by atoms with E-state index in [2.05, 4.69) is 10.3 Å². The fourth-order valence-electron chi connectivity index (χ4n) is 3.34. The van der Waals surface area contributed by atoms with E-state index in [1.165, 1.54) is 11.6 Å². The van der Waals surface area contributed by atoms with E-state index in [-0.39, 0.29) is 23.3 Å². The molecule has 0 saturated heterocycles. The smallest absolute Gasteiger partial charge is 0.332 e. The Bertz CT molecular complexity index is 945. The van der Waals surface area contributed by atoms with Crippen LogP contribution in [0.1, 0.15) is 33.1 Å². The Morgan fingerprint density at radius 1 is 1.28 bits per heavy atom. The van der Waals surface area contributed by atoms with Crippen LogP contribution in [0.25, 0.3) is 11.2 Å². The molecule has 25 heavy (non-hydrogen) atoms. The first-order chi connectivity index (χ1) is 11.8. The third-order valence-electron chi connectivity index (χ3n) is 4.84. The molecule has 136 valence electrons. The van der Waals surface area contributed by atoms with Gasteiger partial charge in [-0.25, -0.2) is 4.79 Å². The molecule has 2 atom stereocenters. The summed E-state index contributed by atoms with van der Waals surface area (Å²) in [5.41, 5.74) is 7.29. The topological polar surface area (TPSA) is 99.9 Å². The Kier molecular flexibility index (Phi) is 4.55. The molecule has 2 aromatic rings. The summed E-state index contributed by atoms with van der Waals surface area (Å²) in [6.07, 6.45) is 4.87. The van der Waals surface area contributed by atoms with Gasteiger partial charge in [0.1, 0.15) is 0 Å². The second kappa shape index (κ2) is 6.51. The van der Waals surface area contributed by atoms with Crippen LogP contribution < -0.4 is 22.3 Å². The van der Waals surface area contributed by atoms with Crippen LogP contribution in [0, 0.1) is 0 Å². The highest BCUT2D eigenvalue weighted by atomic mass is 16.2. The summed E-state index contributed by atoms with van der Waals surface area (Å²) < 4.78 is 4.40. The molecule has 1 aliphatic carbocycles. The van der Waals surface area contributed by atoms with Crippen molar-refractivity contribution in [3.63, 3.8) is 0 Å². The van der Waals surface area contributed by atoms with Gasteiger partial charge >= 0.3 is 5.69 Å². The van der Waals surface area contributed by atoms with Crippen molar-refractivity contribution in [2.24, 2.45) is 19.8 Å². The third kappa shape index (κ3) is 3.13. The quantitative estimate of drug-likeness (QED) is 0.794. The van der Waals surface area contributed by atoms with Gasteiger partial charge in [0.15, 0.2) is 11.2 Å². The number of nitrogens with one attached hydrogen (secondary N) is 1. The second-order valence-corrected chi connectivity index (χ2v) is 7.12. The summed E-state index contributed by atoms with van der Waals surface area (Å²) in [7, 11) is 3.13. The van der Waals surface area contributed by atoms with Crippen molar-refractivity contribution in [3.05, 3.63) is 32.5 Å². The molecule has 0 spiro atoms. The number of hydrogen-bond donors (Lipinski definition) is 2. The number of allylic oxidation sites excluding steroid dienone is 2. The van der Waals surface area contributed by atoms with Gasteiger partial charge < -0.3 is 15.6 Å². The molecule has 0 amide bonds. The lowest BCUT2D eigenvalue weighted by atomic mass is 10.2. The van der Waals surface area contributed by atoms with E-state index < -0.39 is 0 Å². The van der Waals surface area contributed by atoms with Crippen LogP contribution in [-0.2, 0) is 20.6 Å². The van der Waals surface area contributed by atoms with E-state index in [4.69, 9.17) is 5.73 Å². The lowest BCUT2D eigenvalue weighted by Crippen LogP contribution is -2.37. The first-order valence-corrected chi connectivity index (χ1v) is 8.61. The van der Waals surface area contributed by atoms with Gasteiger partial charge in [-0.3, -0.25) is 13.9 Å². The van der Waals surface area contributed by atoms with Crippen LogP contribution in [0.2, 0.25) is 0 Å². The average molecular weight is 346 g/mol. The predicted octanol–water partition coefficient (Wildman–Crippen LogP) is 0.692. The van der Waals surface area contributed by atoms with Gasteiger partial charge in [-0.2, -0.15) is 4.98 Å². The SMILES string of the molecule is CC(C)=CCn1c(N[C@@H]2CC[C@H](N)C2)nc2c1c(=O)n(C)c(=O)n2C. The minimum Gasteiger partial charge on any atom is -0.353 e. The van der Waals surface area contributed by atoms with E-state index in [0.29, 0.717) is 23.7 Å². The fraction of sp³-hybridized carbons (Fsp3) is 0.588. The molecule has 3 N–H and O–H groups in total. The normalized spacial score (nSPS) is 20.2. The molecule has 1 aliphatic rings. The molecule has 0 unspecified atom stereocenters. The molecule has 0 bridgehead atoms. The van der Waals surface area contributed by atoms with Gasteiger partial charge in [-0.1, -0.05) is 11.6 Å². The van der Waals surface area contributed by atoms with E-state index >= 15 is 0 Å². The number of rotatable bonds is 4. The number of anilines is 1. The fourth-order valence-corrected chi connectivity index (χ4v) is 3.34. The van der Waals surface area contributed by atoms with Gasteiger partial charge in [0, 0.05) is 32.7 Å². The van der Waals surface area contributed by atoms with E-state index in [1.807, 2.05) is 24.5 Å². The van der Waals surface area contributed by atoms with Crippen LogP contribution in [0.3, 0.4) is 0 Å². The number of nitrogens with zero attached hydrogens (tertiary/aromatic N) is 4. The Labute approximate surface area is 146 Å². The van der Waals surface area contributed by atoms with Gasteiger partial charge in [0.05, 0.1) is 0 Å². The Hall–Kier alpha value is -2.35. The minimum atomic E-state index is -0.376. The summed E-state index contributed by atoms with van der Waals surface area (Å²) in [4.78, 5) is 29.5. The first kappa shape index (κ1) is 17.5. The van der Waals surface area contributed by atoms with Crippen molar-refractivity contribution in [1.82, 2.24) is 18.7 Å². The van der Waals surface area contributed by atoms with E-state index in [1.54, 1.807) is 7.05 Å². The summed E-state index contributed by atoms with van der Waals surface area (Å²) in [6, 6.07) is 0.434. The average Bonchev–Trinajstić information content (AvgIpc) is 3.13. The number of aromatic nitrogens is 4. The van der Waals surface area contributed by atoms with Crippen LogP contribution in [-0.4, -0.2) is 30.8 Å². The summed E-state index contributed by atoms with van der Waals surface area (Å²) in [5.74, 6) is 0.616. The summed E-state index contributed by atoms with van der Waals surface area (Å²) in [6.45, 7) is 4.54. The zero-order valence-corrected chi connectivity index (χ0v) is 15.2. The molecule has 0 aliphatic heterocycles. The highest BCUT2D eigenvalue weighted by Crippen LogP contribution is 2.23. The van der Waals surface area contributed by atoms with Crippen LogP contribution in [0.15, 0.2) is 21.2 Å². The first-order valence-electron chi connectivity index (χ1n) is 8.61. The van der Waals surface area contributed by atoms with Crippen LogP contribution >= 0.6 is 0 Å². The van der Waals surface area contributed by atoms with Crippen molar-refractivity contribution < 1.29 is 0 Å². The molecule has 1 fully saturated rings. The van der Waals surface area contributed by atoms with Gasteiger partial charge in [0.2, 0.25) is 5.95 Å². The Morgan fingerprint density at radius 3 is 2.60 bits per heavy atom. The van der Waals surface area contributed by atoms with Crippen molar-refractivity contribution in [1.29, 1.82) is 0 Å². The lowest BCUT2D eigenvalue weighted by molar-refractivity contribution is 0.680. The molecular weight excluding hydrogens is 320 g/mol. The van der Waals surface area contributed by atoms with Gasteiger partial charge in [-0.15, -0.1) is 0 Å². The van der Waals surface area contributed by atoms with Crippen LogP contribution in [0.5, 0.6) is 0 Å². The van der Waals surface area contributed by atoms with Gasteiger partial charge in [-0.05, 0) is 33.1 Å². The Balaban J connectivity index is 2.17. The second-order valence-electron chi connectivity index (χ2n) is 7.12. The van der Waals surface area contributed by atoms with Crippen molar-refractivity contribution in [2.45, 2.75) is 51.7 Å². The molecule has 3 rings (SSSR count).